The lowest BCUT2D eigenvalue weighted by Gasteiger charge is -2.39. The number of morpholine rings is 1. The number of nitrogens with one attached hydrogen (secondary N) is 2. The molecule has 1 amide bonds. The predicted molar refractivity (Wildman–Crippen MR) is 145 cm³/mol. The Kier molecular flexibility index (Phi) is 6.88. The Balaban J connectivity index is 1.54. The van der Waals surface area contributed by atoms with Crippen molar-refractivity contribution < 1.29 is 14.4 Å². The summed E-state index contributed by atoms with van der Waals surface area (Å²) >= 11 is 6.43. The minimum Gasteiger partial charge on any atom is -0.375 e. The lowest BCUT2D eigenvalue weighted by Crippen LogP contribution is -2.49. The van der Waals surface area contributed by atoms with Gasteiger partial charge in [-0.05, 0) is 50.7 Å². The van der Waals surface area contributed by atoms with Crippen molar-refractivity contribution in [1.29, 1.82) is 0 Å². The third-order valence-corrected chi connectivity index (χ3v) is 8.44. The van der Waals surface area contributed by atoms with E-state index in [-0.39, 0.29) is 12.1 Å². The fourth-order valence-electron chi connectivity index (χ4n) is 5.79. The van der Waals surface area contributed by atoms with Gasteiger partial charge in [-0.2, -0.15) is 4.98 Å². The molecule has 3 atom stereocenters. The molecule has 2 saturated heterocycles. The number of carbonyl (C=O) groups is 1. The van der Waals surface area contributed by atoms with E-state index in [1.807, 2.05) is 24.3 Å². The van der Waals surface area contributed by atoms with Gasteiger partial charge in [0.15, 0.2) is 17.6 Å². The van der Waals surface area contributed by atoms with E-state index in [0.717, 1.165) is 41.7 Å². The largest absolute Gasteiger partial charge is 0.427 e. The second-order valence-corrected chi connectivity index (χ2v) is 11.3. The van der Waals surface area contributed by atoms with Crippen LogP contribution in [0.2, 0.25) is 5.02 Å². The molecule has 0 bridgehead atoms. The number of hydrogen-bond acceptors (Lipinski definition) is 8. The van der Waals surface area contributed by atoms with Crippen molar-refractivity contribution in [3.63, 3.8) is 0 Å². The molecule has 4 heterocycles. The van der Waals surface area contributed by atoms with Crippen LogP contribution in [0.3, 0.4) is 0 Å². The van der Waals surface area contributed by atoms with Crippen LogP contribution in [-0.2, 0) is 16.1 Å². The average molecular weight is 540 g/mol. The van der Waals surface area contributed by atoms with E-state index in [2.05, 4.69) is 41.0 Å². The van der Waals surface area contributed by atoms with Crippen molar-refractivity contribution >= 4 is 34.8 Å². The highest BCUT2D eigenvalue weighted by Crippen LogP contribution is 2.37. The van der Waals surface area contributed by atoms with E-state index in [4.69, 9.17) is 36.1 Å². The fraction of sp³-hybridized carbons (Fsp3) is 0.556. The minimum absolute atomic E-state index is 0.0802. The molecule has 1 saturated carbocycles. The summed E-state index contributed by atoms with van der Waals surface area (Å²) in [5, 5.41) is 3.33. The number of fused-ring (bicyclic) bond motifs is 1. The third-order valence-electron chi connectivity index (χ3n) is 8.21. The zero-order chi connectivity index (χ0) is 26.4. The normalized spacial score (nSPS) is 27.9. The molecule has 11 heteroatoms. The lowest BCUT2D eigenvalue weighted by atomic mass is 9.83. The molecule has 6 rings (SSSR count). The summed E-state index contributed by atoms with van der Waals surface area (Å²) in [4.78, 5) is 33.9. The number of ether oxygens (including phenoxy) is 1. The van der Waals surface area contributed by atoms with Crippen molar-refractivity contribution in [2.24, 2.45) is 11.8 Å². The standard InChI is InChI=1S/C27H34ClN7O3/c1-15-7-9-18(10-8-15)14-35-22-21(19-5-4-6-20(28)13-19)29-24(25-32-27(36)38-33-25)30-23(22)31-26(35)34-11-12-37-17(3)16(34)2/h4-6,13,15-18,25,33H,7-12,14H2,1-3H3,(H,32,36)/t15?,16-,17+,18?,25?/m1/s1. The van der Waals surface area contributed by atoms with Crippen LogP contribution < -0.4 is 15.7 Å². The highest BCUT2D eigenvalue weighted by molar-refractivity contribution is 6.30. The molecule has 3 aromatic rings. The van der Waals surface area contributed by atoms with Gasteiger partial charge in [-0.1, -0.05) is 43.5 Å². The Bertz CT molecular complexity index is 1340. The van der Waals surface area contributed by atoms with Gasteiger partial charge in [-0.3, -0.25) is 5.32 Å². The maximum atomic E-state index is 11.8. The van der Waals surface area contributed by atoms with E-state index in [1.165, 1.54) is 25.7 Å². The predicted octanol–water partition coefficient (Wildman–Crippen LogP) is 4.83. The monoisotopic (exact) mass is 539 g/mol. The summed E-state index contributed by atoms with van der Waals surface area (Å²) in [6.45, 7) is 8.86. The van der Waals surface area contributed by atoms with Crippen LogP contribution in [0.25, 0.3) is 22.4 Å². The number of hydrogen-bond donors (Lipinski definition) is 2. The molecule has 1 unspecified atom stereocenters. The minimum atomic E-state index is -0.680. The van der Waals surface area contributed by atoms with Crippen molar-refractivity contribution in [1.82, 2.24) is 30.3 Å². The zero-order valence-corrected chi connectivity index (χ0v) is 22.7. The topological polar surface area (TPSA) is 106 Å². The quantitative estimate of drug-likeness (QED) is 0.475. The van der Waals surface area contributed by atoms with Crippen LogP contribution in [0.5, 0.6) is 0 Å². The average Bonchev–Trinajstić information content (AvgIpc) is 3.50. The summed E-state index contributed by atoms with van der Waals surface area (Å²) in [7, 11) is 0. The van der Waals surface area contributed by atoms with E-state index in [0.29, 0.717) is 29.0 Å². The van der Waals surface area contributed by atoms with E-state index < -0.39 is 12.3 Å². The molecule has 2 aliphatic heterocycles. The van der Waals surface area contributed by atoms with Crippen LogP contribution in [0.15, 0.2) is 24.3 Å². The first-order valence-corrected chi connectivity index (χ1v) is 13.9. The molecule has 10 nitrogen and oxygen atoms in total. The first kappa shape index (κ1) is 25.3. The smallest absolute Gasteiger partial charge is 0.375 e. The van der Waals surface area contributed by atoms with Crippen LogP contribution in [0.1, 0.15) is 58.4 Å². The van der Waals surface area contributed by atoms with Gasteiger partial charge in [0, 0.05) is 23.7 Å². The molecule has 202 valence electrons. The summed E-state index contributed by atoms with van der Waals surface area (Å²) in [5.74, 6) is 2.59. The number of hydroxylamine groups is 1. The highest BCUT2D eigenvalue weighted by atomic mass is 35.5. The van der Waals surface area contributed by atoms with Crippen molar-refractivity contribution in [2.45, 2.75) is 71.3 Å². The molecular weight excluding hydrogens is 506 g/mol. The number of halogens is 1. The molecule has 3 aliphatic rings. The Hall–Kier alpha value is -2.95. The number of aromatic nitrogens is 4. The molecule has 38 heavy (non-hydrogen) atoms. The Morgan fingerprint density at radius 3 is 2.66 bits per heavy atom. The first-order chi connectivity index (χ1) is 18.4. The van der Waals surface area contributed by atoms with Gasteiger partial charge in [-0.15, -0.1) is 5.48 Å². The lowest BCUT2D eigenvalue weighted by molar-refractivity contribution is 0.0274. The molecule has 2 aromatic heterocycles. The van der Waals surface area contributed by atoms with Gasteiger partial charge in [0.25, 0.3) is 0 Å². The number of anilines is 1. The highest BCUT2D eigenvalue weighted by Gasteiger charge is 2.34. The maximum absolute atomic E-state index is 11.8. The zero-order valence-electron chi connectivity index (χ0n) is 22.0. The second kappa shape index (κ2) is 10.3. The van der Waals surface area contributed by atoms with Gasteiger partial charge < -0.3 is 19.0 Å². The van der Waals surface area contributed by atoms with Crippen molar-refractivity contribution in [3.8, 4) is 11.3 Å². The van der Waals surface area contributed by atoms with Gasteiger partial charge in [0.05, 0.1) is 18.8 Å². The van der Waals surface area contributed by atoms with Crippen molar-refractivity contribution in [2.75, 3.05) is 18.1 Å². The first-order valence-electron chi connectivity index (χ1n) is 13.5. The molecule has 1 aliphatic carbocycles. The molecule has 2 N–H and O–H groups in total. The van der Waals surface area contributed by atoms with Crippen LogP contribution >= 0.6 is 11.6 Å². The van der Waals surface area contributed by atoms with E-state index in [1.54, 1.807) is 0 Å². The van der Waals surface area contributed by atoms with E-state index >= 15 is 0 Å². The molecule has 0 radical (unpaired) electrons. The third kappa shape index (κ3) is 4.81. The van der Waals surface area contributed by atoms with Gasteiger partial charge in [0.1, 0.15) is 11.2 Å². The Morgan fingerprint density at radius 2 is 1.92 bits per heavy atom. The van der Waals surface area contributed by atoms with Crippen LogP contribution in [-0.4, -0.2) is 50.9 Å². The second-order valence-electron chi connectivity index (χ2n) is 10.9. The van der Waals surface area contributed by atoms with Gasteiger partial charge >= 0.3 is 6.09 Å². The number of rotatable bonds is 5. The Labute approximate surface area is 227 Å². The maximum Gasteiger partial charge on any atom is 0.427 e. The summed E-state index contributed by atoms with van der Waals surface area (Å²) in [6, 6.07) is 7.81. The molecular formula is C27H34ClN7O3. The SMILES string of the molecule is CC1CCC(Cn2c(N3CCO[C@@H](C)[C@H]3C)nc3nc(C4NOC(=O)N4)nc(-c4cccc(Cl)c4)c32)CC1. The number of imidazole rings is 1. The van der Waals surface area contributed by atoms with Gasteiger partial charge in [-0.25, -0.2) is 14.8 Å². The molecule has 1 aromatic carbocycles. The number of carbonyl (C=O) groups excluding carboxylic acids is 1. The summed E-state index contributed by atoms with van der Waals surface area (Å²) < 4.78 is 8.26. The summed E-state index contributed by atoms with van der Waals surface area (Å²) in [6.07, 6.45) is 3.69. The number of benzene rings is 1. The molecule has 0 spiro atoms. The Morgan fingerprint density at radius 1 is 1.11 bits per heavy atom. The number of nitrogens with zero attached hydrogens (tertiary/aromatic N) is 5. The van der Waals surface area contributed by atoms with Crippen molar-refractivity contribution in [3.05, 3.63) is 35.1 Å². The van der Waals surface area contributed by atoms with E-state index in [9.17, 15) is 4.79 Å². The molecule has 3 fully saturated rings. The van der Waals surface area contributed by atoms with Gasteiger partial charge in [0.2, 0.25) is 5.95 Å². The summed E-state index contributed by atoms with van der Waals surface area (Å²) in [5.41, 5.74) is 5.72. The number of amides is 1. The van der Waals surface area contributed by atoms with Crippen LogP contribution in [0.4, 0.5) is 10.7 Å². The fourth-order valence-corrected chi connectivity index (χ4v) is 5.98. The van der Waals surface area contributed by atoms with Crippen LogP contribution in [0, 0.1) is 11.8 Å².